The first-order chi connectivity index (χ1) is 5.75. The summed E-state index contributed by atoms with van der Waals surface area (Å²) in [5, 5.41) is 0.217. The Morgan fingerprint density at radius 1 is 1.17 bits per heavy atom. The van der Waals surface area contributed by atoms with E-state index in [0.717, 1.165) is 0 Å². The van der Waals surface area contributed by atoms with Gasteiger partial charge in [-0.05, 0) is 23.7 Å². The molecule has 0 unspecified atom stereocenters. The third-order valence-electron chi connectivity index (χ3n) is 1.43. The van der Waals surface area contributed by atoms with Gasteiger partial charge in [-0.25, -0.2) is 15.0 Å². The lowest BCUT2D eigenvalue weighted by Crippen LogP contribution is -1.92. The first-order valence-corrected chi connectivity index (χ1v) is 3.68. The zero-order valence-electron chi connectivity index (χ0n) is 6.03. The highest BCUT2D eigenvalue weighted by molar-refractivity contribution is 6.28. The number of halogens is 1. The Balaban J connectivity index is 2.79. The van der Waals surface area contributed by atoms with Crippen LogP contribution in [-0.4, -0.2) is 15.0 Å². The van der Waals surface area contributed by atoms with Gasteiger partial charge in [0.15, 0.2) is 0 Å². The minimum Gasteiger partial charge on any atom is -0.384 e. The molecule has 0 radical (unpaired) electrons. The van der Waals surface area contributed by atoms with E-state index in [4.69, 9.17) is 17.3 Å². The first-order valence-electron chi connectivity index (χ1n) is 3.30. The van der Waals surface area contributed by atoms with Crippen LogP contribution in [0.1, 0.15) is 0 Å². The Morgan fingerprint density at radius 2 is 2.00 bits per heavy atom. The van der Waals surface area contributed by atoms with Crippen molar-refractivity contribution >= 4 is 28.5 Å². The van der Waals surface area contributed by atoms with E-state index in [1.54, 1.807) is 18.3 Å². The van der Waals surface area contributed by atoms with Gasteiger partial charge < -0.3 is 5.73 Å². The van der Waals surface area contributed by atoms with Crippen molar-refractivity contribution in [3.63, 3.8) is 0 Å². The maximum Gasteiger partial charge on any atom is 0.223 e. The normalized spacial score (nSPS) is 10.4. The van der Waals surface area contributed by atoms with Crippen LogP contribution in [-0.2, 0) is 0 Å². The van der Waals surface area contributed by atoms with Gasteiger partial charge in [0.2, 0.25) is 5.28 Å². The Hall–Kier alpha value is -1.42. The predicted octanol–water partition coefficient (Wildman–Crippen LogP) is 1.26. The molecule has 2 rings (SSSR count). The van der Waals surface area contributed by atoms with E-state index in [2.05, 4.69) is 15.0 Å². The summed E-state index contributed by atoms with van der Waals surface area (Å²) in [5.74, 6) is 0.452. The van der Waals surface area contributed by atoms with Gasteiger partial charge in [0.05, 0.1) is 11.7 Å². The highest BCUT2D eigenvalue weighted by atomic mass is 35.5. The van der Waals surface area contributed by atoms with Crippen molar-refractivity contribution in [1.82, 2.24) is 15.0 Å². The van der Waals surface area contributed by atoms with Gasteiger partial charge in [-0.3, -0.25) is 0 Å². The molecule has 0 bridgehead atoms. The molecule has 0 aliphatic carbocycles. The van der Waals surface area contributed by atoms with E-state index in [9.17, 15) is 0 Å². The third kappa shape index (κ3) is 1.16. The van der Waals surface area contributed by atoms with Crippen LogP contribution in [0.2, 0.25) is 5.28 Å². The van der Waals surface area contributed by atoms with Crippen molar-refractivity contribution in [2.24, 2.45) is 0 Å². The van der Waals surface area contributed by atoms with Crippen molar-refractivity contribution in [2.45, 2.75) is 0 Å². The number of fused-ring (bicyclic) bond motifs is 1. The van der Waals surface area contributed by atoms with Gasteiger partial charge >= 0.3 is 0 Å². The van der Waals surface area contributed by atoms with Gasteiger partial charge in [0.1, 0.15) is 11.3 Å². The largest absolute Gasteiger partial charge is 0.384 e. The number of nitrogens with two attached hydrogens (primary N) is 1. The van der Waals surface area contributed by atoms with Crippen molar-refractivity contribution in [3.05, 3.63) is 23.6 Å². The average Bonchev–Trinajstić information content (AvgIpc) is 2.05. The topological polar surface area (TPSA) is 64.7 Å². The third-order valence-corrected chi connectivity index (χ3v) is 1.61. The summed E-state index contributed by atoms with van der Waals surface area (Å²) >= 11 is 5.58. The molecule has 0 atom stereocenters. The molecule has 2 aromatic rings. The number of hydrogen-bond donors (Lipinski definition) is 1. The molecule has 12 heavy (non-hydrogen) atoms. The van der Waals surface area contributed by atoms with Crippen LogP contribution in [0.25, 0.3) is 11.0 Å². The molecule has 2 N–H and O–H groups in total. The van der Waals surface area contributed by atoms with E-state index >= 15 is 0 Å². The number of nitrogen functional groups attached to an aromatic ring is 1. The molecule has 2 aromatic heterocycles. The first kappa shape index (κ1) is 7.24. The summed E-state index contributed by atoms with van der Waals surface area (Å²) in [7, 11) is 0. The van der Waals surface area contributed by atoms with Gasteiger partial charge in [-0.1, -0.05) is 0 Å². The van der Waals surface area contributed by atoms with Crippen LogP contribution in [0.5, 0.6) is 0 Å². The summed E-state index contributed by atoms with van der Waals surface area (Å²) in [4.78, 5) is 11.7. The highest BCUT2D eigenvalue weighted by Crippen LogP contribution is 2.11. The summed E-state index contributed by atoms with van der Waals surface area (Å²) in [6.45, 7) is 0. The molecular weight excluding hydrogens is 176 g/mol. The van der Waals surface area contributed by atoms with Crippen LogP contribution in [0.15, 0.2) is 18.3 Å². The van der Waals surface area contributed by atoms with Crippen LogP contribution in [0.4, 0.5) is 5.82 Å². The van der Waals surface area contributed by atoms with Gasteiger partial charge in [0, 0.05) is 0 Å². The molecule has 4 nitrogen and oxygen atoms in total. The fourth-order valence-electron chi connectivity index (χ4n) is 0.916. The number of pyridine rings is 1. The standard InChI is InChI=1S/C7H5ClN4/c8-7-10-3-5-4(12-7)1-2-6(9)11-5/h1-3H,(H2,9,11). The molecule has 0 aliphatic heterocycles. The molecule has 5 heteroatoms. The zero-order valence-corrected chi connectivity index (χ0v) is 6.78. The van der Waals surface area contributed by atoms with Crippen molar-refractivity contribution < 1.29 is 0 Å². The van der Waals surface area contributed by atoms with Crippen molar-refractivity contribution in [3.8, 4) is 0 Å². The molecule has 0 amide bonds. The smallest absolute Gasteiger partial charge is 0.223 e. The monoisotopic (exact) mass is 180 g/mol. The quantitative estimate of drug-likeness (QED) is 0.620. The van der Waals surface area contributed by atoms with Crippen LogP contribution < -0.4 is 5.73 Å². The van der Waals surface area contributed by atoms with Crippen LogP contribution in [0, 0.1) is 0 Å². The number of aromatic nitrogens is 3. The van der Waals surface area contributed by atoms with E-state index < -0.39 is 0 Å². The average molecular weight is 181 g/mol. The van der Waals surface area contributed by atoms with E-state index in [1.807, 2.05) is 0 Å². The molecule has 0 fully saturated rings. The Kier molecular flexibility index (Phi) is 1.55. The lowest BCUT2D eigenvalue weighted by atomic mass is 10.3. The van der Waals surface area contributed by atoms with Gasteiger partial charge in [-0.15, -0.1) is 0 Å². The van der Waals surface area contributed by atoms with E-state index in [0.29, 0.717) is 16.9 Å². The molecule has 0 spiro atoms. The molecule has 2 heterocycles. The molecular formula is C7H5ClN4. The summed E-state index contributed by atoms with van der Waals surface area (Å²) < 4.78 is 0. The Bertz CT molecular complexity index is 387. The highest BCUT2D eigenvalue weighted by Gasteiger charge is 1.98. The van der Waals surface area contributed by atoms with Crippen LogP contribution in [0.3, 0.4) is 0 Å². The number of hydrogen-bond acceptors (Lipinski definition) is 4. The maximum absolute atomic E-state index is 5.58. The lowest BCUT2D eigenvalue weighted by Gasteiger charge is -1.96. The van der Waals surface area contributed by atoms with Crippen molar-refractivity contribution in [2.75, 3.05) is 5.73 Å². The fourth-order valence-corrected chi connectivity index (χ4v) is 1.06. The maximum atomic E-state index is 5.58. The van der Waals surface area contributed by atoms with Crippen LogP contribution >= 0.6 is 11.6 Å². The van der Waals surface area contributed by atoms with Gasteiger partial charge in [0.25, 0.3) is 0 Å². The second kappa shape index (κ2) is 2.57. The summed E-state index contributed by atoms with van der Waals surface area (Å²) in [5.41, 5.74) is 6.81. The molecule has 0 saturated carbocycles. The molecule has 0 saturated heterocycles. The SMILES string of the molecule is Nc1ccc2nc(Cl)ncc2n1. The minimum absolute atomic E-state index is 0.217. The molecule has 0 aromatic carbocycles. The fraction of sp³-hybridized carbons (Fsp3) is 0. The minimum atomic E-state index is 0.217. The van der Waals surface area contributed by atoms with Gasteiger partial charge in [-0.2, -0.15) is 0 Å². The summed E-state index contributed by atoms with van der Waals surface area (Å²) in [6.07, 6.45) is 1.54. The predicted molar refractivity (Wildman–Crippen MR) is 46.8 cm³/mol. The van der Waals surface area contributed by atoms with E-state index in [-0.39, 0.29) is 5.28 Å². The lowest BCUT2D eigenvalue weighted by molar-refractivity contribution is 1.20. The Labute approximate surface area is 73.4 Å². The second-order valence-electron chi connectivity index (χ2n) is 2.28. The number of nitrogens with zero attached hydrogens (tertiary/aromatic N) is 3. The zero-order chi connectivity index (χ0) is 8.55. The summed E-state index contributed by atoms with van der Waals surface area (Å²) in [6, 6.07) is 3.43. The van der Waals surface area contributed by atoms with Crippen molar-refractivity contribution in [1.29, 1.82) is 0 Å². The second-order valence-corrected chi connectivity index (χ2v) is 2.62. The molecule has 0 aliphatic rings. The Morgan fingerprint density at radius 3 is 2.83 bits per heavy atom. The van der Waals surface area contributed by atoms with E-state index in [1.165, 1.54) is 0 Å². The number of rotatable bonds is 0. The number of anilines is 1. The molecule has 60 valence electrons.